The van der Waals surface area contributed by atoms with Crippen LogP contribution in [-0.2, 0) is 0 Å². The summed E-state index contributed by atoms with van der Waals surface area (Å²) < 4.78 is 5.45. The summed E-state index contributed by atoms with van der Waals surface area (Å²) >= 11 is 0. The van der Waals surface area contributed by atoms with Crippen molar-refractivity contribution in [3.8, 4) is 0 Å². The largest absolute Gasteiger partial charge is 0.467 e. The molecule has 2 atom stereocenters. The highest BCUT2D eigenvalue weighted by atomic mass is 16.3. The minimum Gasteiger partial charge on any atom is -0.467 e. The van der Waals surface area contributed by atoms with Crippen molar-refractivity contribution >= 4 is 5.91 Å². The fourth-order valence-corrected chi connectivity index (χ4v) is 2.46. The lowest BCUT2D eigenvalue weighted by Gasteiger charge is -2.22. The SMILES string of the molecule is C[C@@H]1C[C@H](c2ccco2)N(C(=O)c2ccccc2)N1. The summed E-state index contributed by atoms with van der Waals surface area (Å²) in [6, 6.07) is 13.3. The predicted octanol–water partition coefficient (Wildman–Crippen LogP) is 2.76. The van der Waals surface area contributed by atoms with Crippen LogP contribution in [0.15, 0.2) is 53.1 Å². The highest BCUT2D eigenvalue weighted by molar-refractivity contribution is 5.94. The van der Waals surface area contributed by atoms with E-state index in [1.807, 2.05) is 42.5 Å². The molecule has 0 aliphatic carbocycles. The van der Waals surface area contributed by atoms with Crippen LogP contribution in [0.25, 0.3) is 0 Å². The monoisotopic (exact) mass is 256 g/mol. The molecule has 3 rings (SSSR count). The molecule has 2 aromatic rings. The highest BCUT2D eigenvalue weighted by Gasteiger charge is 2.36. The van der Waals surface area contributed by atoms with Gasteiger partial charge in [-0.25, -0.2) is 5.43 Å². The van der Waals surface area contributed by atoms with E-state index in [2.05, 4.69) is 12.3 Å². The van der Waals surface area contributed by atoms with Crippen molar-refractivity contribution in [2.45, 2.75) is 25.4 Å². The first-order valence-corrected chi connectivity index (χ1v) is 6.44. The third kappa shape index (κ3) is 2.27. The van der Waals surface area contributed by atoms with Gasteiger partial charge in [-0.1, -0.05) is 18.2 Å². The zero-order valence-corrected chi connectivity index (χ0v) is 10.7. The molecule has 0 saturated carbocycles. The van der Waals surface area contributed by atoms with Crippen LogP contribution in [0.2, 0.25) is 0 Å². The summed E-state index contributed by atoms with van der Waals surface area (Å²) in [6.45, 7) is 2.06. The molecule has 0 spiro atoms. The molecule has 98 valence electrons. The summed E-state index contributed by atoms with van der Waals surface area (Å²) in [5, 5.41) is 1.68. The molecule has 19 heavy (non-hydrogen) atoms. The van der Waals surface area contributed by atoms with Crippen molar-refractivity contribution in [3.63, 3.8) is 0 Å². The van der Waals surface area contributed by atoms with Gasteiger partial charge >= 0.3 is 0 Å². The minimum absolute atomic E-state index is 0.0219. The number of benzene rings is 1. The molecule has 1 fully saturated rings. The van der Waals surface area contributed by atoms with Crippen LogP contribution in [0.1, 0.15) is 35.5 Å². The maximum Gasteiger partial charge on any atom is 0.268 e. The number of rotatable bonds is 2. The Labute approximate surface area is 112 Å². The zero-order valence-electron chi connectivity index (χ0n) is 10.7. The molecule has 4 heteroatoms. The first-order chi connectivity index (χ1) is 9.25. The van der Waals surface area contributed by atoms with Crippen molar-refractivity contribution in [1.29, 1.82) is 0 Å². The van der Waals surface area contributed by atoms with E-state index < -0.39 is 0 Å². The lowest BCUT2D eigenvalue weighted by Crippen LogP contribution is -2.40. The molecule has 0 bridgehead atoms. The Morgan fingerprint density at radius 3 is 2.74 bits per heavy atom. The second-order valence-corrected chi connectivity index (χ2v) is 4.84. The number of carbonyl (C=O) groups excluding carboxylic acids is 1. The molecule has 0 unspecified atom stereocenters. The zero-order chi connectivity index (χ0) is 13.2. The maximum absolute atomic E-state index is 12.5. The van der Waals surface area contributed by atoms with Crippen LogP contribution in [0.3, 0.4) is 0 Å². The smallest absolute Gasteiger partial charge is 0.268 e. The lowest BCUT2D eigenvalue weighted by atomic mass is 10.1. The maximum atomic E-state index is 12.5. The van der Waals surface area contributed by atoms with Gasteiger partial charge in [0.15, 0.2) is 0 Å². The summed E-state index contributed by atoms with van der Waals surface area (Å²) in [5.41, 5.74) is 3.90. The van der Waals surface area contributed by atoms with Crippen molar-refractivity contribution in [2.75, 3.05) is 0 Å². The van der Waals surface area contributed by atoms with Gasteiger partial charge in [0.1, 0.15) is 11.8 Å². The molecular formula is C15H16N2O2. The number of hydrazine groups is 1. The van der Waals surface area contributed by atoms with Gasteiger partial charge in [0.25, 0.3) is 5.91 Å². The number of hydrogen-bond acceptors (Lipinski definition) is 3. The Kier molecular flexibility index (Phi) is 3.09. The number of carbonyl (C=O) groups is 1. The van der Waals surface area contributed by atoms with Gasteiger partial charge in [-0.05, 0) is 37.6 Å². The fraction of sp³-hybridized carbons (Fsp3) is 0.267. The number of nitrogens with zero attached hydrogens (tertiary/aromatic N) is 1. The van der Waals surface area contributed by atoms with E-state index >= 15 is 0 Å². The Morgan fingerprint density at radius 2 is 2.05 bits per heavy atom. The molecule has 0 radical (unpaired) electrons. The lowest BCUT2D eigenvalue weighted by molar-refractivity contribution is 0.0620. The number of nitrogens with one attached hydrogen (secondary N) is 1. The second-order valence-electron chi connectivity index (χ2n) is 4.84. The van der Waals surface area contributed by atoms with E-state index in [1.54, 1.807) is 11.3 Å². The van der Waals surface area contributed by atoms with E-state index in [-0.39, 0.29) is 18.0 Å². The van der Waals surface area contributed by atoms with Crippen LogP contribution >= 0.6 is 0 Å². The second kappa shape index (κ2) is 4.90. The normalized spacial score (nSPS) is 22.7. The molecule has 1 amide bonds. The molecule has 1 N–H and O–H groups in total. The molecule has 4 nitrogen and oxygen atoms in total. The first kappa shape index (κ1) is 12.0. The van der Waals surface area contributed by atoms with E-state index in [1.165, 1.54) is 0 Å². The van der Waals surface area contributed by atoms with Crippen molar-refractivity contribution in [1.82, 2.24) is 10.4 Å². The standard InChI is InChI=1S/C15H16N2O2/c1-11-10-13(14-8-5-9-19-14)17(16-11)15(18)12-6-3-2-4-7-12/h2-9,11,13,16H,10H2,1H3/t11-,13-/m1/s1. The van der Waals surface area contributed by atoms with Gasteiger partial charge in [-0.2, -0.15) is 0 Å². The Hall–Kier alpha value is -2.07. The van der Waals surface area contributed by atoms with Crippen molar-refractivity contribution < 1.29 is 9.21 Å². The molecule has 1 aliphatic rings. The Bertz CT molecular complexity index is 551. The van der Waals surface area contributed by atoms with Crippen LogP contribution in [-0.4, -0.2) is 17.0 Å². The van der Waals surface area contributed by atoms with Gasteiger partial charge < -0.3 is 4.42 Å². The van der Waals surface area contributed by atoms with Gasteiger partial charge in [0, 0.05) is 11.6 Å². The quantitative estimate of drug-likeness (QED) is 0.898. The first-order valence-electron chi connectivity index (χ1n) is 6.44. The van der Waals surface area contributed by atoms with Gasteiger partial charge in [-0.15, -0.1) is 0 Å². The summed E-state index contributed by atoms with van der Waals surface area (Å²) in [6.07, 6.45) is 2.50. The highest BCUT2D eigenvalue weighted by Crippen LogP contribution is 2.31. The minimum atomic E-state index is -0.0438. The third-order valence-corrected chi connectivity index (χ3v) is 3.36. The average molecular weight is 256 g/mol. The number of furan rings is 1. The van der Waals surface area contributed by atoms with E-state index in [9.17, 15) is 4.79 Å². The van der Waals surface area contributed by atoms with E-state index in [0.29, 0.717) is 5.56 Å². The van der Waals surface area contributed by atoms with Gasteiger partial charge in [0.05, 0.1) is 6.26 Å². The Balaban J connectivity index is 1.88. The number of hydrogen-bond donors (Lipinski definition) is 1. The van der Waals surface area contributed by atoms with E-state index in [0.717, 1.165) is 12.2 Å². The van der Waals surface area contributed by atoms with Crippen molar-refractivity contribution in [2.24, 2.45) is 0 Å². The van der Waals surface area contributed by atoms with Crippen LogP contribution in [0.4, 0.5) is 0 Å². The summed E-state index contributed by atoms with van der Waals surface area (Å²) in [7, 11) is 0. The molecule has 2 heterocycles. The fourth-order valence-electron chi connectivity index (χ4n) is 2.46. The van der Waals surface area contributed by atoms with E-state index in [4.69, 9.17) is 4.42 Å². The van der Waals surface area contributed by atoms with Crippen molar-refractivity contribution in [3.05, 3.63) is 60.1 Å². The molecule has 1 aromatic carbocycles. The topological polar surface area (TPSA) is 45.5 Å². The Morgan fingerprint density at radius 1 is 1.26 bits per heavy atom. The van der Waals surface area contributed by atoms with Crippen LogP contribution in [0.5, 0.6) is 0 Å². The third-order valence-electron chi connectivity index (χ3n) is 3.36. The molecule has 1 aromatic heterocycles. The average Bonchev–Trinajstić information content (AvgIpc) is 3.07. The predicted molar refractivity (Wildman–Crippen MR) is 71.3 cm³/mol. The number of amides is 1. The molecular weight excluding hydrogens is 240 g/mol. The van der Waals surface area contributed by atoms with Gasteiger partial charge in [0.2, 0.25) is 0 Å². The van der Waals surface area contributed by atoms with Crippen LogP contribution < -0.4 is 5.43 Å². The molecule has 1 saturated heterocycles. The summed E-state index contributed by atoms with van der Waals surface area (Å²) in [4.78, 5) is 12.5. The van der Waals surface area contributed by atoms with Crippen LogP contribution in [0, 0.1) is 0 Å². The summed E-state index contributed by atoms with van der Waals surface area (Å²) in [5.74, 6) is 0.799. The molecule has 1 aliphatic heterocycles. The van der Waals surface area contributed by atoms with Gasteiger partial charge in [-0.3, -0.25) is 9.80 Å².